The number of likely N-dealkylation sites (tertiary alicyclic amines) is 1. The number of thiazole rings is 2. The quantitative estimate of drug-likeness (QED) is 0.617. The van der Waals surface area contributed by atoms with Crippen molar-refractivity contribution in [2.75, 3.05) is 18.4 Å². The first-order valence-corrected chi connectivity index (χ1v) is 11.2. The minimum Gasteiger partial charge on any atom is -0.338 e. The molecule has 0 radical (unpaired) electrons. The zero-order chi connectivity index (χ0) is 20.2. The Morgan fingerprint density at radius 1 is 1.21 bits per heavy atom. The fourth-order valence-corrected chi connectivity index (χ4v) is 4.64. The molecule has 4 heterocycles. The van der Waals surface area contributed by atoms with E-state index in [0.29, 0.717) is 6.54 Å². The van der Waals surface area contributed by atoms with Crippen LogP contribution in [0.1, 0.15) is 40.8 Å². The molecule has 4 rings (SSSR count). The van der Waals surface area contributed by atoms with Crippen LogP contribution in [0.5, 0.6) is 0 Å². The van der Waals surface area contributed by atoms with Gasteiger partial charge in [-0.15, -0.1) is 22.7 Å². The van der Waals surface area contributed by atoms with Crippen LogP contribution >= 0.6 is 22.7 Å². The lowest BCUT2D eigenvalue weighted by Gasteiger charge is -2.32. The van der Waals surface area contributed by atoms with Gasteiger partial charge in [0.15, 0.2) is 10.9 Å². The van der Waals surface area contributed by atoms with E-state index in [4.69, 9.17) is 0 Å². The number of nitrogens with one attached hydrogen (secondary N) is 1. The molecule has 3 aromatic rings. The first kappa shape index (κ1) is 19.7. The highest BCUT2D eigenvalue weighted by Gasteiger charge is 2.27. The molecular weight excluding hydrogens is 404 g/mol. The van der Waals surface area contributed by atoms with Crippen LogP contribution in [0, 0.1) is 13.8 Å². The molecule has 0 spiro atoms. The van der Waals surface area contributed by atoms with E-state index in [9.17, 15) is 4.79 Å². The zero-order valence-corrected chi connectivity index (χ0v) is 18.0. The van der Waals surface area contributed by atoms with Crippen LogP contribution < -0.4 is 5.32 Å². The molecule has 0 bridgehead atoms. The van der Waals surface area contributed by atoms with E-state index in [1.54, 1.807) is 47.2 Å². The molecule has 0 aliphatic carbocycles. The largest absolute Gasteiger partial charge is 0.338 e. The predicted octanol–water partition coefficient (Wildman–Crippen LogP) is 4.17. The van der Waals surface area contributed by atoms with E-state index in [2.05, 4.69) is 25.3 Å². The van der Waals surface area contributed by atoms with Gasteiger partial charge in [-0.3, -0.25) is 9.78 Å². The Labute approximate surface area is 177 Å². The summed E-state index contributed by atoms with van der Waals surface area (Å²) in [5.74, 6) is 0.865. The summed E-state index contributed by atoms with van der Waals surface area (Å²) in [6.45, 7) is 5.30. The number of hydrogen-bond donors (Lipinski definition) is 1. The number of aryl methyl sites for hydroxylation is 2. The van der Waals surface area contributed by atoms with Gasteiger partial charge in [-0.25, -0.2) is 15.0 Å². The second-order valence-corrected chi connectivity index (χ2v) is 8.88. The number of anilines is 2. The zero-order valence-electron chi connectivity index (χ0n) is 16.3. The third kappa shape index (κ3) is 4.86. The van der Waals surface area contributed by atoms with E-state index < -0.39 is 0 Å². The molecule has 7 nitrogen and oxygen atoms in total. The van der Waals surface area contributed by atoms with E-state index in [1.807, 2.05) is 29.5 Å². The first-order valence-electron chi connectivity index (χ1n) is 9.47. The Kier molecular flexibility index (Phi) is 5.96. The van der Waals surface area contributed by atoms with E-state index in [1.165, 1.54) is 0 Å². The average Bonchev–Trinajstić information content (AvgIpc) is 3.34. The summed E-state index contributed by atoms with van der Waals surface area (Å²) in [5.41, 5.74) is 2.69. The molecule has 1 saturated heterocycles. The molecular formula is C20H22N6OS2. The second-order valence-electron chi connectivity index (χ2n) is 6.96. The molecule has 29 heavy (non-hydrogen) atoms. The Bertz CT molecular complexity index is 1030. The minimum absolute atomic E-state index is 0.00861. The lowest BCUT2D eigenvalue weighted by atomic mass is 9.94. The van der Waals surface area contributed by atoms with Crippen LogP contribution in [0.15, 0.2) is 29.2 Å². The molecule has 1 N–H and O–H groups in total. The van der Waals surface area contributed by atoms with E-state index >= 15 is 0 Å². The SMILES string of the molecule is Cc1csc(Nc2nccnc2[C@H]2CCCN(C(=O)/C=C/c3csc(C)n3)C2)n1. The molecule has 0 aromatic carbocycles. The van der Waals surface area contributed by atoms with Crippen LogP contribution in [0.2, 0.25) is 0 Å². The topological polar surface area (TPSA) is 83.9 Å². The maximum atomic E-state index is 12.7. The summed E-state index contributed by atoms with van der Waals surface area (Å²) in [4.78, 5) is 32.5. The first-order chi connectivity index (χ1) is 14.1. The van der Waals surface area contributed by atoms with Crippen LogP contribution in [-0.4, -0.2) is 43.8 Å². The summed E-state index contributed by atoms with van der Waals surface area (Å²) >= 11 is 3.12. The predicted molar refractivity (Wildman–Crippen MR) is 117 cm³/mol. The van der Waals surface area contributed by atoms with Gasteiger partial charge < -0.3 is 10.2 Å². The number of piperidine rings is 1. The van der Waals surface area contributed by atoms with E-state index in [-0.39, 0.29) is 11.8 Å². The monoisotopic (exact) mass is 426 g/mol. The van der Waals surface area contributed by atoms with Crippen LogP contribution in [0.25, 0.3) is 6.08 Å². The number of aromatic nitrogens is 4. The molecule has 0 unspecified atom stereocenters. The smallest absolute Gasteiger partial charge is 0.246 e. The number of carbonyl (C=O) groups excluding carboxylic acids is 1. The second kappa shape index (κ2) is 8.79. The number of carbonyl (C=O) groups is 1. The standard InChI is InChI=1S/C20H22N6OS2/c1-13-11-29-20(23-13)25-19-18(21-7-8-22-19)15-4-3-9-26(10-15)17(27)6-5-16-12-28-14(2)24-16/h5-8,11-12,15H,3-4,9-10H2,1-2H3,(H,22,23,25)/b6-5+/t15-/m0/s1. The molecule has 9 heteroatoms. The number of rotatable bonds is 5. The van der Waals surface area contributed by atoms with Gasteiger partial charge in [0.25, 0.3) is 0 Å². The van der Waals surface area contributed by atoms with Gasteiger partial charge in [-0.2, -0.15) is 0 Å². The fraction of sp³-hybridized carbons (Fsp3) is 0.350. The summed E-state index contributed by atoms with van der Waals surface area (Å²) in [6.07, 6.45) is 8.70. The number of hydrogen-bond acceptors (Lipinski definition) is 8. The van der Waals surface area contributed by atoms with Gasteiger partial charge in [0.2, 0.25) is 5.91 Å². The fourth-order valence-electron chi connectivity index (χ4n) is 3.38. The third-order valence-corrected chi connectivity index (χ3v) is 6.39. The van der Waals surface area contributed by atoms with Crippen molar-refractivity contribution in [1.29, 1.82) is 0 Å². The minimum atomic E-state index is 0.00861. The van der Waals surface area contributed by atoms with Gasteiger partial charge in [-0.1, -0.05) is 0 Å². The van der Waals surface area contributed by atoms with Crippen molar-refractivity contribution in [3.05, 3.63) is 51.3 Å². The van der Waals surface area contributed by atoms with Crippen molar-refractivity contribution in [3.63, 3.8) is 0 Å². The molecule has 1 fully saturated rings. The van der Waals surface area contributed by atoms with Gasteiger partial charge >= 0.3 is 0 Å². The van der Waals surface area contributed by atoms with Crippen molar-refractivity contribution in [2.24, 2.45) is 0 Å². The van der Waals surface area contributed by atoms with Crippen molar-refractivity contribution in [1.82, 2.24) is 24.8 Å². The van der Waals surface area contributed by atoms with Gasteiger partial charge in [0.1, 0.15) is 0 Å². The Balaban J connectivity index is 1.47. The van der Waals surface area contributed by atoms with Crippen LogP contribution in [0.4, 0.5) is 10.9 Å². The molecule has 1 aliphatic heterocycles. The Morgan fingerprint density at radius 2 is 2.07 bits per heavy atom. The van der Waals surface area contributed by atoms with E-state index in [0.717, 1.165) is 52.4 Å². The maximum Gasteiger partial charge on any atom is 0.246 e. The Hall–Kier alpha value is -2.65. The third-order valence-electron chi connectivity index (χ3n) is 4.72. The summed E-state index contributed by atoms with van der Waals surface area (Å²) in [5, 5.41) is 9.04. The Morgan fingerprint density at radius 3 is 2.83 bits per heavy atom. The van der Waals surface area contributed by atoms with Gasteiger partial charge in [0, 0.05) is 48.2 Å². The summed E-state index contributed by atoms with van der Waals surface area (Å²) < 4.78 is 0. The van der Waals surface area contributed by atoms with Crippen molar-refractivity contribution >= 4 is 45.6 Å². The molecule has 3 aromatic heterocycles. The summed E-state index contributed by atoms with van der Waals surface area (Å²) in [7, 11) is 0. The number of amides is 1. The van der Waals surface area contributed by atoms with Crippen molar-refractivity contribution in [3.8, 4) is 0 Å². The normalized spacial score (nSPS) is 17.0. The van der Waals surface area contributed by atoms with Crippen molar-refractivity contribution < 1.29 is 4.79 Å². The molecule has 0 saturated carbocycles. The van der Waals surface area contributed by atoms with Gasteiger partial charge in [-0.05, 0) is 32.8 Å². The van der Waals surface area contributed by atoms with Crippen molar-refractivity contribution in [2.45, 2.75) is 32.6 Å². The molecule has 1 atom stereocenters. The molecule has 1 amide bonds. The lowest BCUT2D eigenvalue weighted by molar-refractivity contribution is -0.127. The average molecular weight is 427 g/mol. The summed E-state index contributed by atoms with van der Waals surface area (Å²) in [6, 6.07) is 0. The lowest BCUT2D eigenvalue weighted by Crippen LogP contribution is -2.38. The highest BCUT2D eigenvalue weighted by Crippen LogP contribution is 2.31. The highest BCUT2D eigenvalue weighted by molar-refractivity contribution is 7.13. The van der Waals surface area contributed by atoms with Gasteiger partial charge in [0.05, 0.1) is 22.1 Å². The maximum absolute atomic E-state index is 12.7. The molecule has 1 aliphatic rings. The number of nitrogens with zero attached hydrogens (tertiary/aromatic N) is 5. The van der Waals surface area contributed by atoms with Crippen LogP contribution in [-0.2, 0) is 4.79 Å². The highest BCUT2D eigenvalue weighted by atomic mass is 32.1. The van der Waals surface area contributed by atoms with Crippen LogP contribution in [0.3, 0.4) is 0 Å². The molecule has 150 valence electrons.